The molecule has 2 aromatic carbocycles. The topological polar surface area (TPSA) is 94.0 Å². The van der Waals surface area contributed by atoms with Gasteiger partial charge in [-0.05, 0) is 35.2 Å². The molecule has 0 spiro atoms. The number of nitrogens with one attached hydrogen (secondary N) is 1. The number of rotatable bonds is 6. The van der Waals surface area contributed by atoms with E-state index < -0.39 is 27.7 Å². The summed E-state index contributed by atoms with van der Waals surface area (Å²) < 4.78 is 65.7. The van der Waals surface area contributed by atoms with Gasteiger partial charge in [0.25, 0.3) is 10.0 Å². The van der Waals surface area contributed by atoms with Crippen LogP contribution in [0.25, 0.3) is 0 Å². The van der Waals surface area contributed by atoms with Crippen LogP contribution in [0.3, 0.4) is 0 Å². The van der Waals surface area contributed by atoms with Gasteiger partial charge in [-0.2, -0.15) is 23.4 Å². The number of nitrogens with zero attached hydrogens (tertiary/aromatic N) is 2. The lowest BCUT2D eigenvalue weighted by molar-refractivity contribution is -0.213. The molecule has 0 aliphatic carbocycles. The smallest absolute Gasteiger partial charge is 0.417 e. The van der Waals surface area contributed by atoms with Gasteiger partial charge in [0, 0.05) is 17.1 Å². The van der Waals surface area contributed by atoms with Crippen LogP contribution in [-0.4, -0.2) is 20.5 Å². The van der Waals surface area contributed by atoms with Gasteiger partial charge in [-0.3, -0.25) is 4.72 Å². The van der Waals surface area contributed by atoms with Crippen LogP contribution < -0.4 is 9.83 Å². The number of anilines is 1. The second kappa shape index (κ2) is 8.67. The summed E-state index contributed by atoms with van der Waals surface area (Å²) >= 11 is 1.06. The highest BCUT2D eigenvalue weighted by atomic mass is 32.2. The van der Waals surface area contributed by atoms with Gasteiger partial charge in [0.05, 0.1) is 11.8 Å². The van der Waals surface area contributed by atoms with E-state index in [0.717, 1.165) is 23.6 Å². The average molecular weight is 452 g/mol. The number of thiophene rings is 1. The van der Waals surface area contributed by atoms with Crippen molar-refractivity contribution in [2.45, 2.75) is 10.4 Å². The zero-order valence-corrected chi connectivity index (χ0v) is 16.6. The second-order valence-corrected chi connectivity index (χ2v) is 8.71. The molecule has 0 aliphatic heterocycles. The SMILES string of the molecule is O=S(=O)(Nc1ccc(C([O-])=N/N=C\c2ccccc2C(F)(F)F)cc1)c1cccs1. The van der Waals surface area contributed by atoms with Gasteiger partial charge in [0.15, 0.2) is 0 Å². The fourth-order valence-corrected chi connectivity index (χ4v) is 4.42. The van der Waals surface area contributed by atoms with Crippen molar-refractivity contribution in [3.63, 3.8) is 0 Å². The highest BCUT2D eigenvalue weighted by Gasteiger charge is 2.32. The molecule has 0 bridgehead atoms. The van der Waals surface area contributed by atoms with E-state index in [4.69, 9.17) is 0 Å². The summed E-state index contributed by atoms with van der Waals surface area (Å²) in [4.78, 5) is 0. The number of sulfonamides is 1. The predicted molar refractivity (Wildman–Crippen MR) is 107 cm³/mol. The Labute approximate surface area is 174 Å². The van der Waals surface area contributed by atoms with Gasteiger partial charge in [0.1, 0.15) is 4.21 Å². The standard InChI is InChI=1S/C19H14F3N3O3S2/c20-19(21,22)16-5-2-1-4-14(16)12-23-24-18(26)13-7-9-15(10-8-13)25-30(27,28)17-6-3-11-29-17/h1-12,25H,(H,24,26)/p-1/b23-12-. The molecule has 11 heteroatoms. The summed E-state index contributed by atoms with van der Waals surface area (Å²) in [5.74, 6) is -0.789. The summed E-state index contributed by atoms with van der Waals surface area (Å²) in [5, 5.41) is 20.5. The molecular formula is C19H13F3N3O3S2-. The molecule has 0 saturated carbocycles. The van der Waals surface area contributed by atoms with E-state index in [2.05, 4.69) is 14.9 Å². The van der Waals surface area contributed by atoms with Crippen molar-refractivity contribution in [1.82, 2.24) is 0 Å². The van der Waals surface area contributed by atoms with E-state index in [1.165, 1.54) is 48.5 Å². The Morgan fingerprint density at radius 1 is 1.03 bits per heavy atom. The first-order valence-corrected chi connectivity index (χ1v) is 10.6. The first-order valence-electron chi connectivity index (χ1n) is 8.28. The third-order valence-corrected chi connectivity index (χ3v) is 6.53. The quantitative estimate of drug-likeness (QED) is 0.351. The maximum absolute atomic E-state index is 12.9. The zero-order valence-electron chi connectivity index (χ0n) is 15.0. The summed E-state index contributed by atoms with van der Waals surface area (Å²) in [6.45, 7) is 0. The van der Waals surface area contributed by atoms with Gasteiger partial charge in [0.2, 0.25) is 0 Å². The summed E-state index contributed by atoms with van der Waals surface area (Å²) in [6, 6.07) is 13.2. The molecule has 3 rings (SSSR count). The second-order valence-electron chi connectivity index (χ2n) is 5.85. The normalized spacial score (nSPS) is 13.0. The van der Waals surface area contributed by atoms with Gasteiger partial charge >= 0.3 is 6.18 Å². The third-order valence-electron chi connectivity index (χ3n) is 3.76. The van der Waals surface area contributed by atoms with Crippen molar-refractivity contribution in [1.29, 1.82) is 0 Å². The Morgan fingerprint density at radius 3 is 2.37 bits per heavy atom. The van der Waals surface area contributed by atoms with E-state index in [1.807, 2.05) is 0 Å². The molecule has 0 aliphatic rings. The van der Waals surface area contributed by atoms with E-state index in [1.54, 1.807) is 11.4 Å². The maximum atomic E-state index is 12.9. The summed E-state index contributed by atoms with van der Waals surface area (Å²) in [7, 11) is -3.72. The van der Waals surface area contributed by atoms with Crippen LogP contribution in [0.2, 0.25) is 0 Å². The number of halogens is 3. The minimum absolute atomic E-state index is 0.0929. The number of hydrogen-bond acceptors (Lipinski definition) is 6. The molecule has 0 fully saturated rings. The van der Waals surface area contributed by atoms with E-state index in [-0.39, 0.29) is 21.0 Å². The lowest BCUT2D eigenvalue weighted by atomic mass is 10.1. The maximum Gasteiger partial charge on any atom is 0.417 e. The van der Waals surface area contributed by atoms with Crippen molar-refractivity contribution in [3.8, 4) is 0 Å². The lowest BCUT2D eigenvalue weighted by Crippen LogP contribution is -2.18. The van der Waals surface area contributed by atoms with Crippen molar-refractivity contribution < 1.29 is 26.7 Å². The van der Waals surface area contributed by atoms with Crippen molar-refractivity contribution in [2.24, 2.45) is 10.2 Å². The first kappa shape index (κ1) is 21.5. The molecular weight excluding hydrogens is 439 g/mol. The Kier molecular flexibility index (Phi) is 6.22. The Hall–Kier alpha value is -3.18. The van der Waals surface area contributed by atoms with Crippen LogP contribution >= 0.6 is 11.3 Å². The van der Waals surface area contributed by atoms with Crippen LogP contribution in [0.15, 0.2) is 80.5 Å². The monoisotopic (exact) mass is 452 g/mol. The summed E-state index contributed by atoms with van der Waals surface area (Å²) in [6.07, 6.45) is -3.71. The van der Waals surface area contributed by atoms with Gasteiger partial charge in [-0.1, -0.05) is 36.4 Å². The predicted octanol–water partition coefficient (Wildman–Crippen LogP) is 3.71. The average Bonchev–Trinajstić information content (AvgIpc) is 3.24. The van der Waals surface area contributed by atoms with Crippen molar-refractivity contribution >= 4 is 39.2 Å². The molecule has 1 N–H and O–H groups in total. The summed E-state index contributed by atoms with van der Waals surface area (Å²) in [5.41, 5.74) is -0.781. The highest BCUT2D eigenvalue weighted by Crippen LogP contribution is 2.31. The highest BCUT2D eigenvalue weighted by molar-refractivity contribution is 7.94. The van der Waals surface area contributed by atoms with E-state index in [0.29, 0.717) is 0 Å². The molecule has 1 aromatic heterocycles. The van der Waals surface area contributed by atoms with Gasteiger partial charge in [-0.15, -0.1) is 11.3 Å². The molecule has 3 aromatic rings. The van der Waals surface area contributed by atoms with Crippen LogP contribution in [0.5, 0.6) is 0 Å². The molecule has 156 valence electrons. The van der Waals surface area contributed by atoms with Gasteiger partial charge < -0.3 is 5.11 Å². The number of alkyl halides is 3. The Bertz CT molecular complexity index is 1170. The number of benzene rings is 2. The molecule has 30 heavy (non-hydrogen) atoms. The zero-order chi connectivity index (χ0) is 21.8. The van der Waals surface area contributed by atoms with E-state index in [9.17, 15) is 26.7 Å². The van der Waals surface area contributed by atoms with Crippen molar-refractivity contribution in [2.75, 3.05) is 4.72 Å². The fraction of sp³-hybridized carbons (Fsp3) is 0.0526. The molecule has 1 heterocycles. The Balaban J connectivity index is 1.73. The molecule has 0 amide bonds. The lowest BCUT2D eigenvalue weighted by Gasteiger charge is -2.11. The molecule has 0 atom stereocenters. The molecule has 0 radical (unpaired) electrons. The van der Waals surface area contributed by atoms with E-state index >= 15 is 0 Å². The van der Waals surface area contributed by atoms with Crippen molar-refractivity contribution in [3.05, 3.63) is 82.7 Å². The molecule has 6 nitrogen and oxygen atoms in total. The fourth-order valence-electron chi connectivity index (χ4n) is 2.37. The molecule has 0 unspecified atom stereocenters. The van der Waals surface area contributed by atoms with Crippen LogP contribution in [0.1, 0.15) is 16.7 Å². The third kappa shape index (κ3) is 5.24. The largest absolute Gasteiger partial charge is 0.857 e. The molecule has 0 saturated heterocycles. The van der Waals surface area contributed by atoms with Crippen LogP contribution in [0, 0.1) is 0 Å². The number of hydrogen-bond donors (Lipinski definition) is 1. The minimum atomic E-state index is -4.56. The minimum Gasteiger partial charge on any atom is -0.857 e. The Morgan fingerprint density at radius 2 is 1.73 bits per heavy atom. The first-order chi connectivity index (χ1) is 14.2. The van der Waals surface area contributed by atoms with Gasteiger partial charge in [-0.25, -0.2) is 8.42 Å². The van der Waals surface area contributed by atoms with Crippen LogP contribution in [0.4, 0.5) is 18.9 Å². The van der Waals surface area contributed by atoms with Crippen LogP contribution in [-0.2, 0) is 16.2 Å².